The summed E-state index contributed by atoms with van der Waals surface area (Å²) in [5.74, 6) is -0.582. The Kier molecular flexibility index (Phi) is 5.00. The van der Waals surface area contributed by atoms with Crippen LogP contribution in [0.1, 0.15) is 32.7 Å². The highest BCUT2D eigenvalue weighted by molar-refractivity contribution is 6.08. The zero-order chi connectivity index (χ0) is 22.3. The lowest BCUT2D eigenvalue weighted by Gasteiger charge is -2.12. The van der Waals surface area contributed by atoms with Crippen LogP contribution < -0.4 is 5.32 Å². The molecule has 4 rings (SSSR count). The van der Waals surface area contributed by atoms with Crippen molar-refractivity contribution >= 4 is 17.2 Å². The first kappa shape index (κ1) is 20.6. The van der Waals surface area contributed by atoms with E-state index in [-0.39, 0.29) is 16.9 Å². The average molecular weight is 424 g/mol. The summed E-state index contributed by atoms with van der Waals surface area (Å²) in [6, 6.07) is 13.4. The summed E-state index contributed by atoms with van der Waals surface area (Å²) in [5.41, 5.74) is 2.85. The van der Waals surface area contributed by atoms with Gasteiger partial charge in [0.25, 0.3) is 5.91 Å². The summed E-state index contributed by atoms with van der Waals surface area (Å²) >= 11 is 0. The van der Waals surface area contributed by atoms with E-state index < -0.39 is 17.8 Å². The van der Waals surface area contributed by atoms with Crippen molar-refractivity contribution < 1.29 is 18.0 Å². The number of benzene rings is 2. The van der Waals surface area contributed by atoms with Crippen molar-refractivity contribution in [3.63, 3.8) is 0 Å². The van der Waals surface area contributed by atoms with E-state index in [2.05, 4.69) is 15.4 Å². The summed E-state index contributed by atoms with van der Waals surface area (Å²) in [5, 5.41) is 6.53. The van der Waals surface area contributed by atoms with Gasteiger partial charge in [-0.25, -0.2) is 9.50 Å². The minimum Gasteiger partial charge on any atom is -0.322 e. The molecule has 0 bridgehead atoms. The molecule has 2 heterocycles. The number of nitrogens with one attached hydrogen (secondary N) is 1. The molecule has 1 amide bonds. The van der Waals surface area contributed by atoms with Crippen molar-refractivity contribution in [3.05, 3.63) is 82.7 Å². The molecule has 0 spiro atoms. The second-order valence-electron chi connectivity index (χ2n) is 7.51. The van der Waals surface area contributed by atoms with Crippen molar-refractivity contribution in [2.45, 2.75) is 26.9 Å². The molecule has 5 nitrogen and oxygen atoms in total. The van der Waals surface area contributed by atoms with Gasteiger partial charge in [0.1, 0.15) is 5.56 Å². The van der Waals surface area contributed by atoms with Crippen molar-refractivity contribution in [2.75, 3.05) is 5.32 Å². The number of hydrogen-bond donors (Lipinski definition) is 1. The van der Waals surface area contributed by atoms with Gasteiger partial charge < -0.3 is 5.32 Å². The first-order chi connectivity index (χ1) is 14.6. The van der Waals surface area contributed by atoms with Gasteiger partial charge in [-0.15, -0.1) is 0 Å². The molecule has 0 aliphatic carbocycles. The van der Waals surface area contributed by atoms with Crippen LogP contribution in [-0.4, -0.2) is 20.5 Å². The Labute approximate surface area is 176 Å². The van der Waals surface area contributed by atoms with Gasteiger partial charge in [-0.1, -0.05) is 35.9 Å². The summed E-state index contributed by atoms with van der Waals surface area (Å²) in [7, 11) is 0. The van der Waals surface area contributed by atoms with Crippen LogP contribution in [-0.2, 0) is 6.18 Å². The number of alkyl halides is 3. The van der Waals surface area contributed by atoms with E-state index in [9.17, 15) is 18.0 Å². The molecule has 0 unspecified atom stereocenters. The number of nitrogens with zero attached hydrogens (tertiary/aromatic N) is 3. The Morgan fingerprint density at radius 1 is 0.935 bits per heavy atom. The predicted molar refractivity (Wildman–Crippen MR) is 112 cm³/mol. The van der Waals surface area contributed by atoms with Gasteiger partial charge in [-0.3, -0.25) is 4.79 Å². The molecule has 0 atom stereocenters. The van der Waals surface area contributed by atoms with Crippen molar-refractivity contribution in [1.29, 1.82) is 0 Å². The van der Waals surface area contributed by atoms with E-state index in [4.69, 9.17) is 0 Å². The minimum atomic E-state index is -4.67. The highest BCUT2D eigenvalue weighted by Crippen LogP contribution is 2.33. The second kappa shape index (κ2) is 7.54. The Morgan fingerprint density at radius 3 is 2.19 bits per heavy atom. The quantitative estimate of drug-likeness (QED) is 0.466. The first-order valence-electron chi connectivity index (χ1n) is 9.54. The number of rotatable bonds is 3. The number of amides is 1. The Hall–Kier alpha value is -3.68. The first-order valence-corrected chi connectivity index (χ1v) is 9.54. The highest BCUT2D eigenvalue weighted by atomic mass is 19.4. The van der Waals surface area contributed by atoms with Crippen LogP contribution in [0.25, 0.3) is 16.9 Å². The van der Waals surface area contributed by atoms with Crippen LogP contribution in [0.15, 0.2) is 54.7 Å². The van der Waals surface area contributed by atoms with E-state index in [1.165, 1.54) is 0 Å². The molecule has 4 aromatic rings. The fraction of sp³-hybridized carbons (Fsp3) is 0.174. The van der Waals surface area contributed by atoms with E-state index >= 15 is 0 Å². The van der Waals surface area contributed by atoms with Crippen molar-refractivity contribution in [3.8, 4) is 11.3 Å². The Morgan fingerprint density at radius 2 is 1.58 bits per heavy atom. The topological polar surface area (TPSA) is 59.3 Å². The van der Waals surface area contributed by atoms with E-state index in [1.54, 1.807) is 36.4 Å². The van der Waals surface area contributed by atoms with Gasteiger partial charge in [-0.05, 0) is 50.1 Å². The van der Waals surface area contributed by atoms with Gasteiger partial charge in [0, 0.05) is 11.3 Å². The minimum absolute atomic E-state index is 0.0429. The van der Waals surface area contributed by atoms with Crippen LogP contribution in [0.4, 0.5) is 18.9 Å². The summed E-state index contributed by atoms with van der Waals surface area (Å²) in [4.78, 5) is 17.2. The van der Waals surface area contributed by atoms with Gasteiger partial charge in [0.05, 0.1) is 11.9 Å². The van der Waals surface area contributed by atoms with Gasteiger partial charge >= 0.3 is 6.18 Å². The zero-order valence-electron chi connectivity index (χ0n) is 17.1. The largest absolute Gasteiger partial charge is 0.433 e. The maximum Gasteiger partial charge on any atom is 0.433 e. The number of carbonyl (C=O) groups excluding carboxylic acids is 1. The molecule has 31 heavy (non-hydrogen) atoms. The number of aromatic nitrogens is 3. The molecule has 0 fully saturated rings. The number of fused-ring (bicyclic) bond motifs is 1. The Balaban J connectivity index is 1.83. The van der Waals surface area contributed by atoms with E-state index in [0.717, 1.165) is 29.0 Å². The molecule has 0 saturated heterocycles. The standard InChI is InChI=1S/C23H19F3N4O/c1-13-4-6-16(7-5-13)19-11-20(23(24,25)26)30-21(29-19)18(12-27-30)22(31)28-17-9-14(2)8-15(3)10-17/h4-12H,1-3H3,(H,28,31). The molecular formula is C23H19F3N4O. The highest BCUT2D eigenvalue weighted by Gasteiger charge is 2.36. The molecule has 2 aromatic heterocycles. The zero-order valence-corrected chi connectivity index (χ0v) is 17.1. The number of anilines is 1. The van der Waals surface area contributed by atoms with E-state index in [1.807, 2.05) is 26.8 Å². The smallest absolute Gasteiger partial charge is 0.322 e. The van der Waals surface area contributed by atoms with Gasteiger partial charge in [0.15, 0.2) is 11.3 Å². The lowest BCUT2D eigenvalue weighted by Crippen LogP contribution is -2.16. The van der Waals surface area contributed by atoms with Crippen LogP contribution in [0.5, 0.6) is 0 Å². The maximum absolute atomic E-state index is 13.7. The molecule has 0 radical (unpaired) electrons. The number of halogens is 3. The maximum atomic E-state index is 13.7. The van der Waals surface area contributed by atoms with Crippen LogP contribution in [0.3, 0.4) is 0 Å². The van der Waals surface area contributed by atoms with Crippen molar-refractivity contribution in [2.24, 2.45) is 0 Å². The number of carbonyl (C=O) groups is 1. The SMILES string of the molecule is Cc1ccc(-c2cc(C(F)(F)F)n3ncc(C(=O)Nc4cc(C)cc(C)c4)c3n2)cc1. The normalized spacial score (nSPS) is 11.7. The monoisotopic (exact) mass is 424 g/mol. The predicted octanol–water partition coefficient (Wildman–Crippen LogP) is 5.59. The molecule has 2 aromatic carbocycles. The van der Waals surface area contributed by atoms with Crippen LogP contribution >= 0.6 is 0 Å². The molecule has 8 heteroatoms. The fourth-order valence-corrected chi connectivity index (χ4v) is 3.44. The summed E-state index contributed by atoms with van der Waals surface area (Å²) in [6.45, 7) is 5.67. The summed E-state index contributed by atoms with van der Waals surface area (Å²) in [6.07, 6.45) is -3.57. The van der Waals surface area contributed by atoms with E-state index in [0.29, 0.717) is 15.8 Å². The van der Waals surface area contributed by atoms with Gasteiger partial charge in [0.2, 0.25) is 0 Å². The molecule has 158 valence electrons. The molecule has 0 aliphatic heterocycles. The third kappa shape index (κ3) is 4.14. The fourth-order valence-electron chi connectivity index (χ4n) is 3.44. The molecule has 1 N–H and O–H groups in total. The molecule has 0 saturated carbocycles. The molecule has 0 aliphatic rings. The van der Waals surface area contributed by atoms with Gasteiger partial charge in [-0.2, -0.15) is 18.3 Å². The third-order valence-corrected chi connectivity index (χ3v) is 4.83. The third-order valence-electron chi connectivity index (χ3n) is 4.83. The number of aryl methyl sites for hydroxylation is 3. The summed E-state index contributed by atoms with van der Waals surface area (Å²) < 4.78 is 41.9. The Bertz CT molecular complexity index is 1270. The van der Waals surface area contributed by atoms with Crippen molar-refractivity contribution in [1.82, 2.24) is 14.6 Å². The van der Waals surface area contributed by atoms with Crippen LogP contribution in [0, 0.1) is 20.8 Å². The molecular weight excluding hydrogens is 405 g/mol. The lowest BCUT2D eigenvalue weighted by atomic mass is 10.1. The lowest BCUT2D eigenvalue weighted by molar-refractivity contribution is -0.142. The second-order valence-corrected chi connectivity index (χ2v) is 7.51. The average Bonchev–Trinajstić information content (AvgIpc) is 3.10. The van der Waals surface area contributed by atoms with Crippen LogP contribution in [0.2, 0.25) is 0 Å². The number of hydrogen-bond acceptors (Lipinski definition) is 3.